The molecule has 3 heteroatoms. The smallest absolute Gasteiger partial charge is 0.0638 e. The van der Waals surface area contributed by atoms with Gasteiger partial charge in [0, 0.05) is 12.6 Å². The SMILES string of the molecule is CCC(CC#N)N(C)CCO. The second-order valence-electron chi connectivity index (χ2n) is 2.63. The Morgan fingerprint density at radius 1 is 1.64 bits per heavy atom. The van der Waals surface area contributed by atoms with Crippen molar-refractivity contribution in [3.8, 4) is 6.07 Å². The molecule has 0 saturated carbocycles. The molecular weight excluding hydrogens is 140 g/mol. The highest BCUT2D eigenvalue weighted by molar-refractivity contribution is 4.80. The first-order valence-electron chi connectivity index (χ1n) is 3.94. The lowest BCUT2D eigenvalue weighted by atomic mass is 10.1. The third-order valence-corrected chi connectivity index (χ3v) is 1.87. The van der Waals surface area contributed by atoms with Gasteiger partial charge < -0.3 is 10.0 Å². The van der Waals surface area contributed by atoms with Crippen molar-refractivity contribution in [1.82, 2.24) is 4.90 Å². The molecular formula is C8H16N2O. The molecule has 0 aromatic heterocycles. The zero-order chi connectivity index (χ0) is 8.69. The minimum atomic E-state index is 0.165. The number of nitrogens with zero attached hydrogens (tertiary/aromatic N) is 2. The molecule has 0 heterocycles. The average molecular weight is 156 g/mol. The Balaban J connectivity index is 3.73. The average Bonchev–Trinajstić information content (AvgIpc) is 2.00. The van der Waals surface area contributed by atoms with Crippen LogP contribution in [0.5, 0.6) is 0 Å². The summed E-state index contributed by atoms with van der Waals surface area (Å²) in [5, 5.41) is 17.1. The molecule has 0 amide bonds. The number of hydrogen-bond acceptors (Lipinski definition) is 3. The van der Waals surface area contributed by atoms with Gasteiger partial charge in [0.05, 0.1) is 19.1 Å². The fraction of sp³-hybridized carbons (Fsp3) is 0.875. The maximum absolute atomic E-state index is 8.62. The van der Waals surface area contributed by atoms with E-state index in [2.05, 4.69) is 13.0 Å². The van der Waals surface area contributed by atoms with Gasteiger partial charge in [-0.1, -0.05) is 6.92 Å². The number of aliphatic hydroxyl groups is 1. The third kappa shape index (κ3) is 3.97. The van der Waals surface area contributed by atoms with Crippen molar-refractivity contribution in [3.63, 3.8) is 0 Å². The van der Waals surface area contributed by atoms with E-state index in [1.165, 1.54) is 0 Å². The van der Waals surface area contributed by atoms with Gasteiger partial charge in [-0.05, 0) is 13.5 Å². The van der Waals surface area contributed by atoms with Gasteiger partial charge in [0.2, 0.25) is 0 Å². The molecule has 0 aliphatic carbocycles. The largest absolute Gasteiger partial charge is 0.395 e. The van der Waals surface area contributed by atoms with Gasteiger partial charge >= 0.3 is 0 Å². The molecule has 0 aromatic carbocycles. The topological polar surface area (TPSA) is 47.3 Å². The van der Waals surface area contributed by atoms with Crippen LogP contribution in [0.4, 0.5) is 0 Å². The lowest BCUT2D eigenvalue weighted by Crippen LogP contribution is -2.33. The van der Waals surface area contributed by atoms with Crippen molar-refractivity contribution in [1.29, 1.82) is 5.26 Å². The molecule has 0 bridgehead atoms. The van der Waals surface area contributed by atoms with Gasteiger partial charge in [0.25, 0.3) is 0 Å². The first-order valence-corrected chi connectivity index (χ1v) is 3.94. The van der Waals surface area contributed by atoms with Crippen molar-refractivity contribution in [2.24, 2.45) is 0 Å². The summed E-state index contributed by atoms with van der Waals surface area (Å²) in [7, 11) is 1.93. The molecule has 0 aromatic rings. The maximum atomic E-state index is 8.62. The van der Waals surface area contributed by atoms with Crippen molar-refractivity contribution < 1.29 is 5.11 Å². The summed E-state index contributed by atoms with van der Waals surface area (Å²) in [6, 6.07) is 2.43. The zero-order valence-electron chi connectivity index (χ0n) is 7.25. The van der Waals surface area contributed by atoms with Crippen LogP contribution in [0.25, 0.3) is 0 Å². The highest BCUT2D eigenvalue weighted by Crippen LogP contribution is 2.04. The minimum absolute atomic E-state index is 0.165. The fourth-order valence-electron chi connectivity index (χ4n) is 1.06. The van der Waals surface area contributed by atoms with Gasteiger partial charge in [-0.3, -0.25) is 0 Å². The maximum Gasteiger partial charge on any atom is 0.0638 e. The van der Waals surface area contributed by atoms with Crippen LogP contribution in [0, 0.1) is 11.3 Å². The monoisotopic (exact) mass is 156 g/mol. The van der Waals surface area contributed by atoms with Gasteiger partial charge in [-0.25, -0.2) is 0 Å². The summed E-state index contributed by atoms with van der Waals surface area (Å²) in [5.74, 6) is 0. The second kappa shape index (κ2) is 6.14. The zero-order valence-corrected chi connectivity index (χ0v) is 7.25. The normalized spacial score (nSPS) is 13.0. The van der Waals surface area contributed by atoms with Crippen LogP contribution in [0.2, 0.25) is 0 Å². The van der Waals surface area contributed by atoms with Crippen LogP contribution in [0.1, 0.15) is 19.8 Å². The second-order valence-corrected chi connectivity index (χ2v) is 2.63. The van der Waals surface area contributed by atoms with Crippen molar-refractivity contribution in [2.45, 2.75) is 25.8 Å². The first kappa shape index (κ1) is 10.4. The summed E-state index contributed by atoms with van der Waals surface area (Å²) in [6.07, 6.45) is 1.51. The van der Waals surface area contributed by atoms with Crippen LogP contribution in [0.15, 0.2) is 0 Å². The van der Waals surface area contributed by atoms with E-state index in [1.54, 1.807) is 0 Å². The Morgan fingerprint density at radius 3 is 2.64 bits per heavy atom. The highest BCUT2D eigenvalue weighted by Gasteiger charge is 2.10. The van der Waals surface area contributed by atoms with E-state index in [0.29, 0.717) is 19.0 Å². The van der Waals surface area contributed by atoms with Crippen molar-refractivity contribution in [2.75, 3.05) is 20.2 Å². The number of aliphatic hydroxyl groups excluding tert-OH is 1. The van der Waals surface area contributed by atoms with Crippen molar-refractivity contribution in [3.05, 3.63) is 0 Å². The van der Waals surface area contributed by atoms with Crippen molar-refractivity contribution >= 4 is 0 Å². The standard InChI is InChI=1S/C8H16N2O/c1-3-8(4-5-9)10(2)6-7-11/h8,11H,3-4,6-7H2,1-2H3. The molecule has 0 spiro atoms. The molecule has 1 unspecified atom stereocenters. The van der Waals surface area contributed by atoms with E-state index in [-0.39, 0.29) is 6.61 Å². The summed E-state index contributed by atoms with van der Waals surface area (Å²) < 4.78 is 0. The van der Waals surface area contributed by atoms with Crippen LogP contribution >= 0.6 is 0 Å². The lowest BCUT2D eigenvalue weighted by molar-refractivity contribution is 0.178. The molecule has 11 heavy (non-hydrogen) atoms. The van der Waals surface area contributed by atoms with E-state index >= 15 is 0 Å². The molecule has 0 saturated heterocycles. The van der Waals surface area contributed by atoms with Crippen LogP contribution in [-0.2, 0) is 0 Å². The fourth-order valence-corrected chi connectivity index (χ4v) is 1.06. The van der Waals surface area contributed by atoms with Gasteiger partial charge in [0.1, 0.15) is 0 Å². The molecule has 0 fully saturated rings. The number of rotatable bonds is 5. The Labute approximate surface area is 68.2 Å². The van der Waals surface area contributed by atoms with Crippen LogP contribution in [0.3, 0.4) is 0 Å². The first-order chi connectivity index (χ1) is 5.26. The summed E-state index contributed by atoms with van der Waals surface area (Å²) in [4.78, 5) is 2.02. The van der Waals surface area contributed by atoms with Gasteiger partial charge in [-0.15, -0.1) is 0 Å². The lowest BCUT2D eigenvalue weighted by Gasteiger charge is -2.23. The molecule has 64 valence electrons. The quantitative estimate of drug-likeness (QED) is 0.634. The van der Waals surface area contributed by atoms with Crippen LogP contribution < -0.4 is 0 Å². The summed E-state index contributed by atoms with van der Waals surface area (Å²) in [5.41, 5.74) is 0. The van der Waals surface area contributed by atoms with E-state index in [0.717, 1.165) is 6.42 Å². The summed E-state index contributed by atoms with van der Waals surface area (Å²) in [6.45, 7) is 2.87. The molecule has 1 atom stereocenters. The number of nitriles is 1. The Hall–Kier alpha value is -0.590. The molecule has 1 N–H and O–H groups in total. The number of hydrogen-bond donors (Lipinski definition) is 1. The van der Waals surface area contributed by atoms with E-state index in [9.17, 15) is 0 Å². The molecule has 0 aliphatic heterocycles. The molecule has 0 radical (unpaired) electrons. The van der Waals surface area contributed by atoms with Gasteiger partial charge in [0.15, 0.2) is 0 Å². The van der Waals surface area contributed by atoms with E-state index in [1.807, 2.05) is 11.9 Å². The van der Waals surface area contributed by atoms with Gasteiger partial charge in [-0.2, -0.15) is 5.26 Å². The predicted octanol–water partition coefficient (Wildman–Crippen LogP) is 0.603. The van der Waals surface area contributed by atoms with E-state index in [4.69, 9.17) is 10.4 Å². The highest BCUT2D eigenvalue weighted by atomic mass is 16.3. The number of likely N-dealkylation sites (N-methyl/N-ethyl adjacent to an activating group) is 1. The molecule has 0 aliphatic rings. The van der Waals surface area contributed by atoms with Crippen LogP contribution in [-0.4, -0.2) is 36.2 Å². The Morgan fingerprint density at radius 2 is 2.27 bits per heavy atom. The van der Waals surface area contributed by atoms with E-state index < -0.39 is 0 Å². The molecule has 0 rings (SSSR count). The Kier molecular flexibility index (Phi) is 5.81. The Bertz CT molecular complexity index is 131. The molecule has 3 nitrogen and oxygen atoms in total. The predicted molar refractivity (Wildman–Crippen MR) is 44.0 cm³/mol. The minimum Gasteiger partial charge on any atom is -0.395 e. The summed E-state index contributed by atoms with van der Waals surface area (Å²) >= 11 is 0. The third-order valence-electron chi connectivity index (χ3n) is 1.87.